The highest BCUT2D eigenvalue weighted by Crippen LogP contribution is 2.34. The smallest absolute Gasteiger partial charge is 0.418 e. The molecule has 0 saturated heterocycles. The number of pyridine rings is 1. The predicted molar refractivity (Wildman–Crippen MR) is 123 cm³/mol. The van der Waals surface area contributed by atoms with E-state index in [-0.39, 0.29) is 11.6 Å². The van der Waals surface area contributed by atoms with E-state index in [9.17, 15) is 18.0 Å². The third kappa shape index (κ3) is 4.73. The van der Waals surface area contributed by atoms with Crippen LogP contribution in [0.5, 0.6) is 5.88 Å². The van der Waals surface area contributed by atoms with Gasteiger partial charge < -0.3 is 10.1 Å². The molecule has 176 valence electrons. The van der Waals surface area contributed by atoms with Crippen LogP contribution in [0.4, 0.5) is 18.9 Å². The molecule has 0 spiro atoms. The minimum Gasteiger partial charge on any atom is -0.467 e. The minimum atomic E-state index is -4.58. The number of rotatable bonds is 6. The Morgan fingerprint density at radius 1 is 1.09 bits per heavy atom. The SMILES string of the molecule is CCc1cc(OCC(=O)Nc2ccccc2C(F)(F)F)nc2c1c(C)nn2-c1ccc(C)cc1. The maximum atomic E-state index is 13.2. The van der Waals surface area contributed by atoms with Gasteiger partial charge in [0.05, 0.1) is 22.6 Å². The van der Waals surface area contributed by atoms with Gasteiger partial charge in [0.1, 0.15) is 0 Å². The molecule has 9 heteroatoms. The Morgan fingerprint density at radius 2 is 1.79 bits per heavy atom. The molecule has 0 aliphatic heterocycles. The number of hydrogen-bond acceptors (Lipinski definition) is 4. The number of carbonyl (C=O) groups excluding carboxylic acids is 1. The van der Waals surface area contributed by atoms with Crippen LogP contribution in [-0.2, 0) is 17.4 Å². The second kappa shape index (κ2) is 9.17. The number of nitrogens with zero attached hydrogens (tertiary/aromatic N) is 3. The summed E-state index contributed by atoms with van der Waals surface area (Å²) in [4.78, 5) is 16.9. The van der Waals surface area contributed by atoms with Crippen molar-refractivity contribution in [3.8, 4) is 11.6 Å². The van der Waals surface area contributed by atoms with Crippen molar-refractivity contribution in [1.82, 2.24) is 14.8 Å². The second-order valence-electron chi connectivity index (χ2n) is 7.88. The fraction of sp³-hybridized carbons (Fsp3) is 0.240. The number of hydrogen-bond donors (Lipinski definition) is 1. The van der Waals surface area contributed by atoms with Gasteiger partial charge in [-0.1, -0.05) is 36.8 Å². The molecule has 0 fully saturated rings. The number of anilines is 1. The van der Waals surface area contributed by atoms with Crippen molar-refractivity contribution in [1.29, 1.82) is 0 Å². The Morgan fingerprint density at radius 3 is 2.47 bits per heavy atom. The van der Waals surface area contributed by atoms with E-state index in [1.54, 1.807) is 10.7 Å². The average Bonchev–Trinajstić information content (AvgIpc) is 3.14. The zero-order valence-corrected chi connectivity index (χ0v) is 18.9. The Hall–Kier alpha value is -3.88. The number of ether oxygens (including phenoxy) is 1. The van der Waals surface area contributed by atoms with Gasteiger partial charge in [-0.15, -0.1) is 0 Å². The molecule has 2 aromatic heterocycles. The van der Waals surface area contributed by atoms with Crippen molar-refractivity contribution in [2.45, 2.75) is 33.4 Å². The normalized spacial score (nSPS) is 11.6. The predicted octanol–water partition coefficient (Wildman–Crippen LogP) is 5.64. The summed E-state index contributed by atoms with van der Waals surface area (Å²) < 4.78 is 46.9. The molecule has 1 amide bonds. The molecule has 34 heavy (non-hydrogen) atoms. The van der Waals surface area contributed by atoms with Gasteiger partial charge in [0, 0.05) is 11.5 Å². The summed E-state index contributed by atoms with van der Waals surface area (Å²) in [5, 5.41) is 7.81. The number of para-hydroxylation sites is 1. The van der Waals surface area contributed by atoms with Crippen LogP contribution in [0.25, 0.3) is 16.7 Å². The van der Waals surface area contributed by atoms with Crippen molar-refractivity contribution < 1.29 is 22.7 Å². The first-order chi connectivity index (χ1) is 16.2. The number of halogens is 3. The molecular weight excluding hydrogens is 445 g/mol. The first-order valence-electron chi connectivity index (χ1n) is 10.7. The lowest BCUT2D eigenvalue weighted by molar-refractivity contribution is -0.137. The van der Waals surface area contributed by atoms with Gasteiger partial charge >= 0.3 is 6.18 Å². The topological polar surface area (TPSA) is 69.0 Å². The van der Waals surface area contributed by atoms with Gasteiger partial charge in [-0.05, 0) is 50.1 Å². The molecular formula is C25H23F3N4O2. The van der Waals surface area contributed by atoms with Crippen LogP contribution in [0.2, 0.25) is 0 Å². The van der Waals surface area contributed by atoms with Crippen LogP contribution < -0.4 is 10.1 Å². The van der Waals surface area contributed by atoms with Crippen LogP contribution in [0.15, 0.2) is 54.6 Å². The number of nitrogens with one attached hydrogen (secondary N) is 1. The second-order valence-corrected chi connectivity index (χ2v) is 7.88. The molecule has 1 N–H and O–H groups in total. The molecule has 2 heterocycles. The summed E-state index contributed by atoms with van der Waals surface area (Å²) >= 11 is 0. The van der Waals surface area contributed by atoms with Gasteiger partial charge in [-0.2, -0.15) is 23.3 Å². The van der Waals surface area contributed by atoms with E-state index < -0.39 is 24.3 Å². The van der Waals surface area contributed by atoms with Crippen molar-refractivity contribution in [3.63, 3.8) is 0 Å². The van der Waals surface area contributed by atoms with E-state index >= 15 is 0 Å². The molecule has 0 bridgehead atoms. The molecule has 0 aliphatic rings. The van der Waals surface area contributed by atoms with Gasteiger partial charge in [-0.25, -0.2) is 4.68 Å². The van der Waals surface area contributed by atoms with E-state index in [1.807, 2.05) is 45.0 Å². The first-order valence-corrected chi connectivity index (χ1v) is 10.7. The van der Waals surface area contributed by atoms with Crippen molar-refractivity contribution in [2.24, 2.45) is 0 Å². The molecule has 4 aromatic rings. The van der Waals surface area contributed by atoms with E-state index in [1.165, 1.54) is 18.2 Å². The summed E-state index contributed by atoms with van der Waals surface area (Å²) in [6.45, 7) is 5.39. The molecule has 0 radical (unpaired) electrons. The van der Waals surface area contributed by atoms with Crippen LogP contribution in [-0.4, -0.2) is 27.3 Å². The highest BCUT2D eigenvalue weighted by atomic mass is 19.4. The molecule has 0 unspecified atom stereocenters. The number of amides is 1. The Balaban J connectivity index is 1.60. The summed E-state index contributed by atoms with van der Waals surface area (Å²) in [7, 11) is 0. The molecule has 2 aromatic carbocycles. The molecule has 0 atom stereocenters. The van der Waals surface area contributed by atoms with Crippen molar-refractivity contribution in [3.05, 3.63) is 77.0 Å². The standard InChI is InChI=1S/C25H23F3N4O2/c1-4-17-13-22(34-14-21(33)29-20-8-6-5-7-19(20)25(26,27)28)30-24-23(17)16(3)31-32(24)18-11-9-15(2)10-12-18/h5-13H,4,14H2,1-3H3,(H,29,33). The number of aromatic nitrogens is 3. The van der Waals surface area contributed by atoms with E-state index in [2.05, 4.69) is 15.4 Å². The van der Waals surface area contributed by atoms with E-state index in [0.717, 1.165) is 34.0 Å². The lowest BCUT2D eigenvalue weighted by Crippen LogP contribution is -2.22. The molecule has 0 aliphatic carbocycles. The van der Waals surface area contributed by atoms with E-state index in [0.29, 0.717) is 12.1 Å². The fourth-order valence-corrected chi connectivity index (χ4v) is 3.74. The Kier molecular flexibility index (Phi) is 6.28. The molecule has 0 saturated carbocycles. The Bertz CT molecular complexity index is 1350. The summed E-state index contributed by atoms with van der Waals surface area (Å²) in [5.74, 6) is -0.531. The summed E-state index contributed by atoms with van der Waals surface area (Å²) in [6.07, 6.45) is -3.90. The van der Waals surface area contributed by atoms with Crippen LogP contribution in [0.3, 0.4) is 0 Å². The van der Waals surface area contributed by atoms with Crippen molar-refractivity contribution in [2.75, 3.05) is 11.9 Å². The fourth-order valence-electron chi connectivity index (χ4n) is 3.74. The van der Waals surface area contributed by atoms with Gasteiger partial charge in [0.2, 0.25) is 5.88 Å². The van der Waals surface area contributed by atoms with Crippen LogP contribution >= 0.6 is 0 Å². The maximum absolute atomic E-state index is 13.2. The average molecular weight is 468 g/mol. The van der Waals surface area contributed by atoms with Crippen LogP contribution in [0.1, 0.15) is 29.3 Å². The first kappa shape index (κ1) is 23.3. The highest BCUT2D eigenvalue weighted by Gasteiger charge is 2.33. The third-order valence-corrected chi connectivity index (χ3v) is 5.39. The number of alkyl halides is 3. The summed E-state index contributed by atoms with van der Waals surface area (Å²) in [5.41, 5.74) is 3.03. The summed E-state index contributed by atoms with van der Waals surface area (Å²) in [6, 6.07) is 14.3. The third-order valence-electron chi connectivity index (χ3n) is 5.39. The molecule has 4 rings (SSSR count). The number of fused-ring (bicyclic) bond motifs is 1. The minimum absolute atomic E-state index is 0.192. The zero-order valence-electron chi connectivity index (χ0n) is 18.9. The maximum Gasteiger partial charge on any atom is 0.418 e. The van der Waals surface area contributed by atoms with Gasteiger partial charge in [0.25, 0.3) is 5.91 Å². The van der Waals surface area contributed by atoms with Crippen LogP contribution in [0, 0.1) is 13.8 Å². The quantitative estimate of drug-likeness (QED) is 0.398. The highest BCUT2D eigenvalue weighted by molar-refractivity contribution is 5.92. The Labute approximate surface area is 194 Å². The van der Waals surface area contributed by atoms with Crippen molar-refractivity contribution >= 4 is 22.6 Å². The number of aryl methyl sites for hydroxylation is 3. The number of benzene rings is 2. The monoisotopic (exact) mass is 468 g/mol. The van der Waals surface area contributed by atoms with E-state index in [4.69, 9.17) is 4.74 Å². The zero-order chi connectivity index (χ0) is 24.5. The largest absolute Gasteiger partial charge is 0.467 e. The van der Waals surface area contributed by atoms with Gasteiger partial charge in [-0.3, -0.25) is 4.79 Å². The lowest BCUT2D eigenvalue weighted by Gasteiger charge is -2.14. The molecule has 6 nitrogen and oxygen atoms in total. The number of carbonyl (C=O) groups is 1. The lowest BCUT2D eigenvalue weighted by atomic mass is 10.1. The van der Waals surface area contributed by atoms with Gasteiger partial charge in [0.15, 0.2) is 12.3 Å².